The average molecular weight is 371 g/mol. The number of benzene rings is 1. The normalized spacial score (nSPS) is 12.9. The Morgan fingerprint density at radius 1 is 1.11 bits per heavy atom. The van der Waals surface area contributed by atoms with Gasteiger partial charge in [-0.05, 0) is 38.3 Å². The van der Waals surface area contributed by atoms with Crippen LogP contribution in [0.15, 0.2) is 30.3 Å². The minimum atomic E-state index is -0.975. The number of nitrogens with one attached hydrogen (secondary N) is 1. The molecule has 144 valence electrons. The van der Waals surface area contributed by atoms with E-state index in [-0.39, 0.29) is 11.5 Å². The second-order valence-electron chi connectivity index (χ2n) is 6.43. The summed E-state index contributed by atoms with van der Waals surface area (Å²) in [6.45, 7) is 6.78. The lowest BCUT2D eigenvalue weighted by Gasteiger charge is -2.18. The molecular formula is C21H25NO5. The number of aryl methyl sites for hydroxylation is 1. The summed E-state index contributed by atoms with van der Waals surface area (Å²) in [5.74, 6) is -1.78. The molecule has 2 rings (SSSR count). The SMILES string of the molecule is CC[C@H](C(=O)O[C@@H](C)C(=O)c1[nH]c(C)c(C(=O)OC)c1C)c1ccccc1. The summed E-state index contributed by atoms with van der Waals surface area (Å²) in [5, 5.41) is 0. The minimum Gasteiger partial charge on any atom is -0.465 e. The highest BCUT2D eigenvalue weighted by atomic mass is 16.5. The van der Waals surface area contributed by atoms with Crippen molar-refractivity contribution in [1.82, 2.24) is 4.98 Å². The fourth-order valence-corrected chi connectivity index (χ4v) is 3.14. The maximum atomic E-state index is 12.8. The van der Waals surface area contributed by atoms with Crippen LogP contribution in [0.3, 0.4) is 0 Å². The number of H-pyrrole nitrogens is 1. The van der Waals surface area contributed by atoms with Gasteiger partial charge in [-0.1, -0.05) is 37.3 Å². The molecule has 0 spiro atoms. The lowest BCUT2D eigenvalue weighted by atomic mass is 9.96. The number of hydrogen-bond donors (Lipinski definition) is 1. The molecule has 0 unspecified atom stereocenters. The Morgan fingerprint density at radius 2 is 1.74 bits per heavy atom. The van der Waals surface area contributed by atoms with Crippen molar-refractivity contribution < 1.29 is 23.9 Å². The van der Waals surface area contributed by atoms with Crippen LogP contribution in [0.4, 0.5) is 0 Å². The first-order valence-corrected chi connectivity index (χ1v) is 8.88. The fourth-order valence-electron chi connectivity index (χ4n) is 3.14. The molecule has 0 saturated heterocycles. The molecule has 6 heteroatoms. The van der Waals surface area contributed by atoms with Crippen molar-refractivity contribution in [3.8, 4) is 0 Å². The molecule has 1 heterocycles. The molecule has 0 fully saturated rings. The summed E-state index contributed by atoms with van der Waals surface area (Å²) < 4.78 is 10.2. The van der Waals surface area contributed by atoms with E-state index in [4.69, 9.17) is 9.47 Å². The predicted molar refractivity (Wildman–Crippen MR) is 101 cm³/mol. The van der Waals surface area contributed by atoms with Crippen LogP contribution in [0.2, 0.25) is 0 Å². The van der Waals surface area contributed by atoms with Crippen LogP contribution < -0.4 is 0 Å². The zero-order valence-corrected chi connectivity index (χ0v) is 16.3. The number of hydrogen-bond acceptors (Lipinski definition) is 5. The molecule has 1 aromatic carbocycles. The lowest BCUT2D eigenvalue weighted by molar-refractivity contribution is -0.148. The van der Waals surface area contributed by atoms with Gasteiger partial charge in [-0.15, -0.1) is 0 Å². The number of ketones is 1. The van der Waals surface area contributed by atoms with E-state index in [2.05, 4.69) is 4.98 Å². The van der Waals surface area contributed by atoms with Crippen LogP contribution in [0.1, 0.15) is 63.9 Å². The Kier molecular flexibility index (Phi) is 6.55. The van der Waals surface area contributed by atoms with E-state index in [1.807, 2.05) is 37.3 Å². The van der Waals surface area contributed by atoms with Crippen molar-refractivity contribution >= 4 is 17.7 Å². The van der Waals surface area contributed by atoms with Gasteiger partial charge in [0.1, 0.15) is 0 Å². The Morgan fingerprint density at radius 3 is 2.30 bits per heavy atom. The first kappa shape index (κ1) is 20.4. The molecule has 6 nitrogen and oxygen atoms in total. The van der Waals surface area contributed by atoms with E-state index < -0.39 is 24.0 Å². The van der Waals surface area contributed by atoms with Gasteiger partial charge < -0.3 is 14.5 Å². The summed E-state index contributed by atoms with van der Waals surface area (Å²) in [6.07, 6.45) is -0.408. The van der Waals surface area contributed by atoms with Crippen LogP contribution in [0, 0.1) is 13.8 Å². The van der Waals surface area contributed by atoms with Crippen molar-refractivity contribution in [3.05, 3.63) is 58.4 Å². The molecule has 0 amide bonds. The number of methoxy groups -OCH3 is 1. The van der Waals surface area contributed by atoms with E-state index in [0.717, 1.165) is 5.56 Å². The molecule has 27 heavy (non-hydrogen) atoms. The Labute approximate surface area is 158 Å². The Hall–Kier alpha value is -2.89. The first-order valence-electron chi connectivity index (χ1n) is 8.88. The van der Waals surface area contributed by atoms with Crippen LogP contribution in [0.25, 0.3) is 0 Å². The van der Waals surface area contributed by atoms with Gasteiger partial charge in [0.2, 0.25) is 5.78 Å². The van der Waals surface area contributed by atoms with Crippen molar-refractivity contribution in [2.24, 2.45) is 0 Å². The van der Waals surface area contributed by atoms with Gasteiger partial charge in [0.05, 0.1) is 24.3 Å². The highest BCUT2D eigenvalue weighted by Gasteiger charge is 2.29. The average Bonchev–Trinajstić information content (AvgIpc) is 2.96. The van der Waals surface area contributed by atoms with Crippen LogP contribution in [-0.4, -0.2) is 35.9 Å². The van der Waals surface area contributed by atoms with E-state index in [1.165, 1.54) is 14.0 Å². The lowest BCUT2D eigenvalue weighted by Crippen LogP contribution is -2.28. The maximum absolute atomic E-state index is 12.8. The summed E-state index contributed by atoms with van der Waals surface area (Å²) in [5.41, 5.74) is 2.46. The van der Waals surface area contributed by atoms with Crippen molar-refractivity contribution in [2.45, 2.75) is 46.1 Å². The second kappa shape index (κ2) is 8.66. The van der Waals surface area contributed by atoms with Crippen LogP contribution in [-0.2, 0) is 14.3 Å². The van der Waals surface area contributed by atoms with Crippen LogP contribution >= 0.6 is 0 Å². The predicted octanol–water partition coefficient (Wildman–Crippen LogP) is 3.73. The Bertz CT molecular complexity index is 838. The molecule has 0 saturated carbocycles. The second-order valence-corrected chi connectivity index (χ2v) is 6.43. The van der Waals surface area contributed by atoms with Gasteiger partial charge in [0, 0.05) is 5.69 Å². The van der Waals surface area contributed by atoms with Gasteiger partial charge >= 0.3 is 11.9 Å². The Balaban J connectivity index is 2.18. The number of esters is 2. The number of rotatable bonds is 7. The van der Waals surface area contributed by atoms with Crippen molar-refractivity contribution in [2.75, 3.05) is 7.11 Å². The quantitative estimate of drug-likeness (QED) is 0.592. The number of aromatic amines is 1. The van der Waals surface area contributed by atoms with Gasteiger partial charge in [0.25, 0.3) is 0 Å². The third kappa shape index (κ3) is 4.27. The molecule has 0 aliphatic rings. The van der Waals surface area contributed by atoms with Crippen molar-refractivity contribution in [3.63, 3.8) is 0 Å². The fraction of sp³-hybridized carbons (Fsp3) is 0.381. The van der Waals surface area contributed by atoms with E-state index in [9.17, 15) is 14.4 Å². The summed E-state index contributed by atoms with van der Waals surface area (Å²) in [7, 11) is 1.29. The van der Waals surface area contributed by atoms with E-state index >= 15 is 0 Å². The van der Waals surface area contributed by atoms with Gasteiger partial charge in [-0.3, -0.25) is 9.59 Å². The molecule has 0 aliphatic carbocycles. The molecule has 0 bridgehead atoms. The summed E-state index contributed by atoms with van der Waals surface area (Å²) in [6, 6.07) is 9.33. The first-order chi connectivity index (χ1) is 12.8. The van der Waals surface area contributed by atoms with Crippen LogP contribution in [0.5, 0.6) is 0 Å². The minimum absolute atomic E-state index is 0.251. The number of carbonyl (C=O) groups is 3. The number of carbonyl (C=O) groups excluding carboxylic acids is 3. The highest BCUT2D eigenvalue weighted by molar-refractivity contribution is 6.04. The number of aromatic nitrogens is 1. The van der Waals surface area contributed by atoms with E-state index in [0.29, 0.717) is 23.2 Å². The highest BCUT2D eigenvalue weighted by Crippen LogP contribution is 2.24. The third-order valence-electron chi connectivity index (χ3n) is 4.63. The summed E-state index contributed by atoms with van der Waals surface area (Å²) in [4.78, 5) is 40.1. The number of ether oxygens (including phenoxy) is 2. The van der Waals surface area contributed by atoms with Gasteiger partial charge in [0.15, 0.2) is 6.10 Å². The standard InChI is InChI=1S/C21H25NO5/c1-6-16(15-10-8-7-9-11-15)20(24)27-14(4)19(23)18-12(2)17(13(3)22-18)21(25)26-5/h7-11,14,16,22H,6H2,1-5H3/t14-,16-/m0/s1. The van der Waals surface area contributed by atoms with Gasteiger partial charge in [-0.25, -0.2) is 4.79 Å². The molecule has 2 aromatic rings. The summed E-state index contributed by atoms with van der Waals surface area (Å²) >= 11 is 0. The molecule has 0 radical (unpaired) electrons. The van der Waals surface area contributed by atoms with E-state index in [1.54, 1.807) is 13.8 Å². The number of Topliss-reactive ketones (excluding diaryl/α,β-unsaturated/α-hetero) is 1. The monoisotopic (exact) mass is 371 g/mol. The van der Waals surface area contributed by atoms with Crippen molar-refractivity contribution in [1.29, 1.82) is 0 Å². The molecule has 0 aliphatic heterocycles. The third-order valence-corrected chi connectivity index (χ3v) is 4.63. The largest absolute Gasteiger partial charge is 0.465 e. The molecular weight excluding hydrogens is 346 g/mol. The molecule has 1 N–H and O–H groups in total. The smallest absolute Gasteiger partial charge is 0.339 e. The molecule has 2 atom stereocenters. The topological polar surface area (TPSA) is 85.5 Å². The zero-order valence-electron chi connectivity index (χ0n) is 16.3. The van der Waals surface area contributed by atoms with Gasteiger partial charge in [-0.2, -0.15) is 0 Å². The molecule has 1 aromatic heterocycles. The zero-order chi connectivity index (χ0) is 20.1. The maximum Gasteiger partial charge on any atom is 0.339 e.